The third kappa shape index (κ3) is 3.51. The van der Waals surface area contributed by atoms with Gasteiger partial charge in [0.1, 0.15) is 6.04 Å². The minimum Gasteiger partial charge on any atom is -0.350 e. The third-order valence-corrected chi connectivity index (χ3v) is 5.27. The van der Waals surface area contributed by atoms with Crippen molar-refractivity contribution in [3.05, 3.63) is 81.2 Å². The summed E-state index contributed by atoms with van der Waals surface area (Å²) in [6.07, 6.45) is 0.584. The van der Waals surface area contributed by atoms with Crippen molar-refractivity contribution in [3.8, 4) is 0 Å². The predicted molar refractivity (Wildman–Crippen MR) is 114 cm³/mol. The van der Waals surface area contributed by atoms with Crippen LogP contribution >= 0.6 is 11.6 Å². The molecule has 0 aliphatic rings. The summed E-state index contributed by atoms with van der Waals surface area (Å²) in [7, 11) is 0. The van der Waals surface area contributed by atoms with Gasteiger partial charge in [-0.15, -0.1) is 0 Å². The van der Waals surface area contributed by atoms with Crippen molar-refractivity contribution in [1.82, 2.24) is 19.5 Å². The fourth-order valence-corrected chi connectivity index (χ4v) is 3.95. The lowest BCUT2D eigenvalue weighted by Crippen LogP contribution is -2.34. The second-order valence-corrected chi connectivity index (χ2v) is 7.44. The van der Waals surface area contributed by atoms with Gasteiger partial charge in [0.05, 0.1) is 5.52 Å². The van der Waals surface area contributed by atoms with Crippen molar-refractivity contribution in [1.29, 1.82) is 0 Å². The Morgan fingerprint density at radius 2 is 1.97 bits per heavy atom. The molecule has 1 N–H and O–H groups in total. The Kier molecular flexibility index (Phi) is 5.11. The first-order chi connectivity index (χ1) is 14.0. The van der Waals surface area contributed by atoms with E-state index >= 15 is 0 Å². The summed E-state index contributed by atoms with van der Waals surface area (Å²) < 4.78 is 3.79. The summed E-state index contributed by atoms with van der Waals surface area (Å²) in [5.41, 5.74) is 2.80. The van der Waals surface area contributed by atoms with Crippen LogP contribution in [-0.4, -0.2) is 20.1 Å². The molecule has 2 aromatic heterocycles. The monoisotopic (exact) mass is 408 g/mol. The number of amides is 1. The fourth-order valence-electron chi connectivity index (χ4n) is 3.74. The zero-order chi connectivity index (χ0) is 20.5. The summed E-state index contributed by atoms with van der Waals surface area (Å²) >= 11 is 6.04. The van der Waals surface area contributed by atoms with Gasteiger partial charge >= 0.3 is 0 Å². The van der Waals surface area contributed by atoms with E-state index < -0.39 is 6.04 Å². The zero-order valence-corrected chi connectivity index (χ0v) is 17.0. The van der Waals surface area contributed by atoms with Gasteiger partial charge in [0.25, 0.3) is 5.56 Å². The SMILES string of the molecule is CCC(C(=O)NCc1cccc(Cl)c1)n1c2ccccc2c2nc(=O)cc(C)n21. The van der Waals surface area contributed by atoms with E-state index in [1.54, 1.807) is 6.07 Å². The number of fused-ring (bicyclic) bond motifs is 3. The maximum absolute atomic E-state index is 13.1. The van der Waals surface area contributed by atoms with Gasteiger partial charge in [-0.1, -0.05) is 42.8 Å². The van der Waals surface area contributed by atoms with E-state index in [2.05, 4.69) is 10.3 Å². The van der Waals surface area contributed by atoms with Crippen LogP contribution in [0.15, 0.2) is 59.4 Å². The molecule has 0 saturated carbocycles. The molecule has 4 rings (SSSR count). The molecule has 0 aliphatic carbocycles. The lowest BCUT2D eigenvalue weighted by Gasteiger charge is -2.20. The lowest BCUT2D eigenvalue weighted by molar-refractivity contribution is -0.124. The number of rotatable bonds is 5. The van der Waals surface area contributed by atoms with Crippen LogP contribution in [0.1, 0.15) is 30.6 Å². The highest BCUT2D eigenvalue weighted by molar-refractivity contribution is 6.30. The first kappa shape index (κ1) is 19.2. The van der Waals surface area contributed by atoms with Crippen molar-refractivity contribution in [2.24, 2.45) is 0 Å². The van der Waals surface area contributed by atoms with Crippen molar-refractivity contribution < 1.29 is 4.79 Å². The first-order valence-corrected chi connectivity index (χ1v) is 9.89. The Balaban J connectivity index is 1.78. The van der Waals surface area contributed by atoms with Crippen LogP contribution in [0.3, 0.4) is 0 Å². The summed E-state index contributed by atoms with van der Waals surface area (Å²) in [6.45, 7) is 4.21. The number of aromatic nitrogens is 3. The fraction of sp³-hybridized carbons (Fsp3) is 0.227. The van der Waals surface area contributed by atoms with Crippen molar-refractivity contribution in [3.63, 3.8) is 0 Å². The third-order valence-electron chi connectivity index (χ3n) is 5.03. The highest BCUT2D eigenvalue weighted by atomic mass is 35.5. The topological polar surface area (TPSA) is 68.4 Å². The number of carbonyl (C=O) groups excluding carboxylic acids is 1. The molecule has 1 amide bonds. The highest BCUT2D eigenvalue weighted by Gasteiger charge is 2.24. The van der Waals surface area contributed by atoms with Gasteiger partial charge in [0, 0.05) is 28.7 Å². The Hall–Kier alpha value is -3.12. The first-order valence-electron chi connectivity index (χ1n) is 9.51. The summed E-state index contributed by atoms with van der Waals surface area (Å²) in [5, 5.41) is 4.49. The number of halogens is 1. The lowest BCUT2D eigenvalue weighted by atomic mass is 10.1. The molecule has 0 fully saturated rings. The van der Waals surface area contributed by atoms with Crippen molar-refractivity contribution in [2.45, 2.75) is 32.9 Å². The molecular formula is C22H21ClN4O2. The van der Waals surface area contributed by atoms with Gasteiger partial charge in [0.15, 0.2) is 5.65 Å². The van der Waals surface area contributed by atoms with Crippen LogP contribution in [0.25, 0.3) is 16.6 Å². The van der Waals surface area contributed by atoms with Gasteiger partial charge in [0.2, 0.25) is 5.91 Å². The van der Waals surface area contributed by atoms with Gasteiger partial charge in [-0.25, -0.2) is 4.52 Å². The van der Waals surface area contributed by atoms with E-state index in [-0.39, 0.29) is 11.5 Å². The number of para-hydroxylation sites is 1. The molecule has 0 saturated heterocycles. The molecule has 1 unspecified atom stereocenters. The van der Waals surface area contributed by atoms with E-state index in [9.17, 15) is 9.59 Å². The van der Waals surface area contributed by atoms with Crippen LogP contribution in [0.5, 0.6) is 0 Å². The van der Waals surface area contributed by atoms with Gasteiger partial charge in [-0.3, -0.25) is 14.3 Å². The van der Waals surface area contributed by atoms with E-state index in [4.69, 9.17) is 11.6 Å². The molecule has 0 aliphatic heterocycles. The molecule has 0 spiro atoms. The maximum Gasteiger partial charge on any atom is 0.273 e. The van der Waals surface area contributed by atoms with Gasteiger partial charge in [-0.05, 0) is 43.2 Å². The smallest absolute Gasteiger partial charge is 0.273 e. The normalized spacial score (nSPS) is 12.4. The quantitative estimate of drug-likeness (QED) is 0.545. The standard InChI is InChI=1S/C22H21ClN4O2/c1-3-18(22(29)24-13-15-7-6-8-16(23)12-15)27-19-10-5-4-9-17(19)21-25-20(28)11-14(2)26(21)27/h4-12,18H,3,13H2,1-2H3,(H,24,29). The number of hydrogen-bond acceptors (Lipinski definition) is 3. The molecule has 2 heterocycles. The molecule has 0 radical (unpaired) electrons. The number of hydrogen-bond donors (Lipinski definition) is 1. The van der Waals surface area contributed by atoms with Gasteiger partial charge < -0.3 is 5.32 Å². The number of nitrogens with one attached hydrogen (secondary N) is 1. The van der Waals surface area contributed by atoms with E-state index in [1.165, 1.54) is 6.07 Å². The summed E-state index contributed by atoms with van der Waals surface area (Å²) in [4.78, 5) is 29.3. The minimum absolute atomic E-state index is 0.103. The zero-order valence-electron chi connectivity index (χ0n) is 16.2. The van der Waals surface area contributed by atoms with Crippen molar-refractivity contribution in [2.75, 3.05) is 0 Å². The van der Waals surface area contributed by atoms with Gasteiger partial charge in [-0.2, -0.15) is 4.98 Å². The Morgan fingerprint density at radius 3 is 2.72 bits per heavy atom. The van der Waals surface area contributed by atoms with E-state index in [1.807, 2.05) is 65.5 Å². The molecule has 29 heavy (non-hydrogen) atoms. The van der Waals surface area contributed by atoms with Crippen molar-refractivity contribution >= 4 is 34.1 Å². The van der Waals surface area contributed by atoms with E-state index in [0.29, 0.717) is 23.6 Å². The highest BCUT2D eigenvalue weighted by Crippen LogP contribution is 2.26. The summed E-state index contributed by atoms with van der Waals surface area (Å²) in [5.74, 6) is -0.103. The number of nitrogens with zero attached hydrogens (tertiary/aromatic N) is 3. The van der Waals surface area contributed by atoms with E-state index in [0.717, 1.165) is 22.2 Å². The molecule has 148 valence electrons. The van der Waals surface area contributed by atoms with Crippen LogP contribution in [0.4, 0.5) is 0 Å². The molecular weight excluding hydrogens is 388 g/mol. The molecule has 2 aromatic carbocycles. The van der Waals surface area contributed by atoms with Crippen LogP contribution in [-0.2, 0) is 11.3 Å². The average Bonchev–Trinajstić information content (AvgIpc) is 3.02. The molecule has 6 nitrogen and oxygen atoms in total. The molecule has 4 aromatic rings. The second-order valence-electron chi connectivity index (χ2n) is 7.00. The Labute approximate surface area is 172 Å². The van der Waals surface area contributed by atoms with Crippen LogP contribution < -0.4 is 10.9 Å². The number of aryl methyl sites for hydroxylation is 1. The minimum atomic E-state index is -0.459. The predicted octanol–water partition coefficient (Wildman–Crippen LogP) is 3.88. The Morgan fingerprint density at radius 1 is 1.17 bits per heavy atom. The summed E-state index contributed by atoms with van der Waals surface area (Å²) in [6, 6.07) is 16.1. The Bertz CT molecular complexity index is 1280. The maximum atomic E-state index is 13.1. The van der Waals surface area contributed by atoms with Crippen LogP contribution in [0, 0.1) is 6.92 Å². The largest absolute Gasteiger partial charge is 0.350 e. The number of carbonyl (C=O) groups is 1. The number of benzene rings is 2. The average molecular weight is 409 g/mol. The molecule has 1 atom stereocenters. The molecule has 7 heteroatoms. The second kappa shape index (κ2) is 7.72. The molecule has 0 bridgehead atoms. The van der Waals surface area contributed by atoms with Crippen LogP contribution in [0.2, 0.25) is 5.02 Å².